The number of hydrogen-bond donors (Lipinski definition) is 0. The minimum absolute atomic E-state index is 0.880. The molecule has 0 aliphatic heterocycles. The Labute approximate surface area is 106 Å². The Kier molecular flexibility index (Phi) is 45.1. The molecule has 0 N–H and O–H groups in total. The summed E-state index contributed by atoms with van der Waals surface area (Å²) in [4.78, 5) is 0. The second-order valence-corrected chi connectivity index (χ2v) is 3.61. The van der Waals surface area contributed by atoms with Crippen LogP contribution in [-0.4, -0.2) is 0 Å². The summed E-state index contributed by atoms with van der Waals surface area (Å²) >= 11 is 0. The van der Waals surface area contributed by atoms with Crippen LogP contribution in [0.15, 0.2) is 25.3 Å². The van der Waals surface area contributed by atoms with Crippen LogP contribution in [0.5, 0.6) is 0 Å². The molecule has 0 heterocycles. The molecule has 0 aromatic rings. The van der Waals surface area contributed by atoms with E-state index in [0.717, 1.165) is 11.8 Å². The van der Waals surface area contributed by atoms with Crippen molar-refractivity contribution in [3.63, 3.8) is 0 Å². The first-order chi connectivity index (χ1) is 7.58. The van der Waals surface area contributed by atoms with Crippen molar-refractivity contribution in [2.24, 2.45) is 11.8 Å². The molecular weight excluding hydrogens is 192 g/mol. The molecular formula is C16H36. The molecule has 0 saturated carbocycles. The van der Waals surface area contributed by atoms with E-state index in [-0.39, 0.29) is 0 Å². The van der Waals surface area contributed by atoms with E-state index in [0.29, 0.717) is 0 Å². The molecule has 0 amide bonds. The van der Waals surface area contributed by atoms with Gasteiger partial charge in [0.25, 0.3) is 0 Å². The fourth-order valence-corrected chi connectivity index (χ4v) is 0.971. The summed E-state index contributed by atoms with van der Waals surface area (Å²) in [5.41, 5.74) is 0. The van der Waals surface area contributed by atoms with Gasteiger partial charge in [-0.3, -0.25) is 0 Å². The molecule has 0 bridgehead atoms. The topological polar surface area (TPSA) is 0 Å². The van der Waals surface area contributed by atoms with Crippen molar-refractivity contribution in [1.29, 1.82) is 0 Å². The number of rotatable bonds is 4. The van der Waals surface area contributed by atoms with E-state index in [1.54, 1.807) is 12.2 Å². The third-order valence-electron chi connectivity index (χ3n) is 1.74. The predicted octanol–water partition coefficient (Wildman–Crippen LogP) is 6.49. The van der Waals surface area contributed by atoms with Gasteiger partial charge in [0.1, 0.15) is 0 Å². The summed E-state index contributed by atoms with van der Waals surface area (Å²) in [5.74, 6) is 1.81. The van der Waals surface area contributed by atoms with Crippen LogP contribution < -0.4 is 0 Å². The van der Waals surface area contributed by atoms with E-state index < -0.39 is 0 Å². The summed E-state index contributed by atoms with van der Waals surface area (Å²) in [7, 11) is 0. The highest BCUT2D eigenvalue weighted by molar-refractivity contribution is 4.88. The fourth-order valence-electron chi connectivity index (χ4n) is 0.971. The van der Waals surface area contributed by atoms with Crippen LogP contribution in [-0.2, 0) is 0 Å². The van der Waals surface area contributed by atoms with Crippen LogP contribution in [0.3, 0.4) is 0 Å². The van der Waals surface area contributed by atoms with Gasteiger partial charge >= 0.3 is 0 Å². The quantitative estimate of drug-likeness (QED) is 0.482. The zero-order valence-corrected chi connectivity index (χ0v) is 13.1. The monoisotopic (exact) mass is 228 g/mol. The van der Waals surface area contributed by atoms with Gasteiger partial charge < -0.3 is 0 Å². The lowest BCUT2D eigenvalue weighted by Crippen LogP contribution is -1.97. The molecule has 0 spiro atoms. The van der Waals surface area contributed by atoms with Gasteiger partial charge in [0.2, 0.25) is 0 Å². The summed E-state index contributed by atoms with van der Waals surface area (Å²) in [6.45, 7) is 23.9. The lowest BCUT2D eigenvalue weighted by molar-refractivity contribution is 0.429. The molecule has 0 fully saturated rings. The van der Waals surface area contributed by atoms with E-state index in [9.17, 15) is 0 Å². The lowest BCUT2D eigenvalue weighted by atomic mass is 9.97. The molecule has 0 aliphatic rings. The average molecular weight is 228 g/mol. The third kappa shape index (κ3) is 50.0. The normalized spacial score (nSPS) is 9.31. The predicted molar refractivity (Wildman–Crippen MR) is 82.0 cm³/mol. The van der Waals surface area contributed by atoms with Crippen LogP contribution in [0.4, 0.5) is 0 Å². The summed E-state index contributed by atoms with van der Waals surface area (Å²) in [6.07, 6.45) is 5.99. The molecule has 0 radical (unpaired) electrons. The number of hydrogen-bond acceptors (Lipinski definition) is 0. The number of allylic oxidation sites excluding steroid dienone is 2. The highest BCUT2D eigenvalue weighted by atomic mass is 14.1. The van der Waals surface area contributed by atoms with Crippen molar-refractivity contribution in [1.82, 2.24) is 0 Å². The van der Waals surface area contributed by atoms with Gasteiger partial charge in [0.15, 0.2) is 0 Å². The molecule has 0 saturated heterocycles. The van der Waals surface area contributed by atoms with E-state index in [2.05, 4.69) is 40.9 Å². The molecule has 100 valence electrons. The van der Waals surface area contributed by atoms with Crippen LogP contribution in [0, 0.1) is 11.8 Å². The Morgan fingerprint density at radius 3 is 1.25 bits per heavy atom. The first-order valence-electron chi connectivity index (χ1n) is 6.81. The van der Waals surface area contributed by atoms with E-state index >= 15 is 0 Å². The Morgan fingerprint density at radius 2 is 1.19 bits per heavy atom. The fraction of sp³-hybridized carbons (Fsp3) is 0.750. The van der Waals surface area contributed by atoms with Crippen LogP contribution >= 0.6 is 0 Å². The minimum atomic E-state index is 0.880. The van der Waals surface area contributed by atoms with Gasteiger partial charge in [-0.05, 0) is 18.3 Å². The van der Waals surface area contributed by atoms with Gasteiger partial charge in [-0.25, -0.2) is 0 Å². The molecule has 0 aliphatic carbocycles. The van der Waals surface area contributed by atoms with Gasteiger partial charge in [-0.2, -0.15) is 0 Å². The summed E-state index contributed by atoms with van der Waals surface area (Å²) in [5, 5.41) is 0. The highest BCUT2D eigenvalue weighted by Gasteiger charge is 2.00. The third-order valence-corrected chi connectivity index (χ3v) is 1.74. The first kappa shape index (κ1) is 24.6. The maximum Gasteiger partial charge on any atom is -0.0443 e. The SMILES string of the molecule is C=CC=C.CC.CC.CCC(C)CC(C)C. The lowest BCUT2D eigenvalue weighted by Gasteiger charge is -2.09. The van der Waals surface area contributed by atoms with Crippen molar-refractivity contribution in [2.45, 2.75) is 68.2 Å². The Balaban J connectivity index is -0.0000000761. The highest BCUT2D eigenvalue weighted by Crippen LogP contribution is 2.12. The molecule has 16 heavy (non-hydrogen) atoms. The van der Waals surface area contributed by atoms with Crippen molar-refractivity contribution in [3.05, 3.63) is 25.3 Å². The van der Waals surface area contributed by atoms with Crippen LogP contribution in [0.25, 0.3) is 0 Å². The first-order valence-corrected chi connectivity index (χ1v) is 6.81. The van der Waals surface area contributed by atoms with Crippen molar-refractivity contribution < 1.29 is 0 Å². The van der Waals surface area contributed by atoms with Gasteiger partial charge in [-0.1, -0.05) is 87.1 Å². The van der Waals surface area contributed by atoms with Gasteiger partial charge in [0, 0.05) is 0 Å². The zero-order chi connectivity index (χ0) is 14.0. The van der Waals surface area contributed by atoms with Gasteiger partial charge in [-0.15, -0.1) is 0 Å². The second-order valence-electron chi connectivity index (χ2n) is 3.61. The van der Waals surface area contributed by atoms with E-state index in [1.165, 1.54) is 12.8 Å². The van der Waals surface area contributed by atoms with Crippen molar-refractivity contribution >= 4 is 0 Å². The second kappa shape index (κ2) is 29.3. The van der Waals surface area contributed by atoms with Gasteiger partial charge in [0.05, 0.1) is 0 Å². The standard InChI is InChI=1S/C8H18.C4H6.2C2H6/c1-5-8(4)6-7(2)3;1-3-4-2;2*1-2/h7-8H,5-6H2,1-4H3;3-4H,1-2H2;2*1-2H3. The molecule has 1 unspecified atom stereocenters. The summed E-state index contributed by atoms with van der Waals surface area (Å²) < 4.78 is 0. The molecule has 1 atom stereocenters. The van der Waals surface area contributed by atoms with E-state index in [1.807, 2.05) is 27.7 Å². The van der Waals surface area contributed by atoms with Crippen molar-refractivity contribution in [2.75, 3.05) is 0 Å². The largest absolute Gasteiger partial charge is 0.0991 e. The zero-order valence-electron chi connectivity index (χ0n) is 13.1. The Hall–Kier alpha value is -0.520. The maximum atomic E-state index is 3.36. The Morgan fingerprint density at radius 1 is 0.875 bits per heavy atom. The molecule has 0 aromatic heterocycles. The molecule has 0 rings (SSSR count). The van der Waals surface area contributed by atoms with Crippen LogP contribution in [0.1, 0.15) is 68.2 Å². The average Bonchev–Trinajstić information content (AvgIpc) is 2.33. The van der Waals surface area contributed by atoms with Crippen LogP contribution in [0.2, 0.25) is 0 Å². The minimum Gasteiger partial charge on any atom is -0.0991 e. The maximum absolute atomic E-state index is 3.36. The van der Waals surface area contributed by atoms with Crippen molar-refractivity contribution in [3.8, 4) is 0 Å². The molecule has 0 heteroatoms. The Bertz CT molecular complexity index is 94.6. The smallest absolute Gasteiger partial charge is 0.0443 e. The summed E-state index contributed by atoms with van der Waals surface area (Å²) in [6, 6.07) is 0. The molecule has 0 aromatic carbocycles. The molecule has 0 nitrogen and oxygen atoms in total. The van der Waals surface area contributed by atoms with E-state index in [4.69, 9.17) is 0 Å².